The molecule has 0 saturated carbocycles. The van der Waals surface area contributed by atoms with Crippen molar-refractivity contribution >= 4 is 11.9 Å². The molecule has 0 saturated heterocycles. The van der Waals surface area contributed by atoms with Gasteiger partial charge in [0.15, 0.2) is 0 Å². The monoisotopic (exact) mass is 202 g/mol. The lowest BCUT2D eigenvalue weighted by Crippen LogP contribution is -2.16. The molecule has 0 heterocycles. The molecule has 4 heteroatoms. The van der Waals surface area contributed by atoms with Crippen LogP contribution in [0.1, 0.15) is 39.5 Å². The van der Waals surface area contributed by atoms with Gasteiger partial charge in [0.05, 0.1) is 12.5 Å². The fraction of sp³-hybridized carbons (Fsp3) is 0.800. The van der Waals surface area contributed by atoms with E-state index in [1.807, 2.05) is 6.92 Å². The fourth-order valence-electron chi connectivity index (χ4n) is 0.917. The SMILES string of the molecule is CCCCOC(=O)C(C)CCC(=O)O. The zero-order chi connectivity index (χ0) is 11.0. The highest BCUT2D eigenvalue weighted by atomic mass is 16.5. The molecule has 14 heavy (non-hydrogen) atoms. The quantitative estimate of drug-likeness (QED) is 0.505. The lowest BCUT2D eigenvalue weighted by molar-refractivity contribution is -0.148. The van der Waals surface area contributed by atoms with Crippen LogP contribution in [0.25, 0.3) is 0 Å². The van der Waals surface area contributed by atoms with Crippen LogP contribution in [0.5, 0.6) is 0 Å². The van der Waals surface area contributed by atoms with Crippen LogP contribution in [-0.4, -0.2) is 23.7 Å². The molecule has 1 unspecified atom stereocenters. The summed E-state index contributed by atoms with van der Waals surface area (Å²) in [5.74, 6) is -1.49. The Kier molecular flexibility index (Phi) is 6.80. The van der Waals surface area contributed by atoms with Gasteiger partial charge in [0.25, 0.3) is 0 Å². The number of carboxylic acids is 1. The Morgan fingerprint density at radius 2 is 2.07 bits per heavy atom. The highest BCUT2D eigenvalue weighted by molar-refractivity contribution is 5.73. The molecule has 0 fully saturated rings. The number of ether oxygens (including phenoxy) is 1. The summed E-state index contributed by atoms with van der Waals surface area (Å²) in [6.07, 6.45) is 2.21. The number of esters is 1. The summed E-state index contributed by atoms with van der Waals surface area (Å²) < 4.78 is 4.94. The fourth-order valence-corrected chi connectivity index (χ4v) is 0.917. The van der Waals surface area contributed by atoms with Crippen LogP contribution in [0, 0.1) is 5.92 Å². The van der Waals surface area contributed by atoms with Crippen molar-refractivity contribution in [2.75, 3.05) is 6.61 Å². The second-order valence-corrected chi connectivity index (χ2v) is 3.35. The van der Waals surface area contributed by atoms with Crippen LogP contribution in [0.15, 0.2) is 0 Å². The van der Waals surface area contributed by atoms with Crippen molar-refractivity contribution in [2.24, 2.45) is 5.92 Å². The van der Waals surface area contributed by atoms with E-state index in [9.17, 15) is 9.59 Å². The molecule has 0 rings (SSSR count). The average molecular weight is 202 g/mol. The molecule has 0 aromatic carbocycles. The minimum absolute atomic E-state index is 0.0179. The number of unbranched alkanes of at least 4 members (excludes halogenated alkanes) is 1. The van der Waals surface area contributed by atoms with Gasteiger partial charge in [0, 0.05) is 6.42 Å². The summed E-state index contributed by atoms with van der Waals surface area (Å²) in [6.45, 7) is 4.14. The molecule has 1 N–H and O–H groups in total. The lowest BCUT2D eigenvalue weighted by atomic mass is 10.1. The van der Waals surface area contributed by atoms with Gasteiger partial charge >= 0.3 is 11.9 Å². The number of hydrogen-bond donors (Lipinski definition) is 1. The van der Waals surface area contributed by atoms with Gasteiger partial charge in [-0.3, -0.25) is 9.59 Å². The van der Waals surface area contributed by atoms with E-state index in [0.717, 1.165) is 12.8 Å². The predicted octanol–water partition coefficient (Wildman–Crippen LogP) is 1.83. The van der Waals surface area contributed by atoms with Crippen molar-refractivity contribution in [2.45, 2.75) is 39.5 Å². The van der Waals surface area contributed by atoms with E-state index in [2.05, 4.69) is 0 Å². The third-order valence-corrected chi connectivity index (χ3v) is 1.94. The number of carbonyl (C=O) groups excluding carboxylic acids is 1. The van der Waals surface area contributed by atoms with Gasteiger partial charge in [0.1, 0.15) is 0 Å². The lowest BCUT2D eigenvalue weighted by Gasteiger charge is -2.09. The van der Waals surface area contributed by atoms with E-state index in [4.69, 9.17) is 9.84 Å². The van der Waals surface area contributed by atoms with Crippen LogP contribution < -0.4 is 0 Å². The maximum atomic E-state index is 11.2. The first-order chi connectivity index (χ1) is 6.57. The maximum absolute atomic E-state index is 11.2. The predicted molar refractivity (Wildman–Crippen MR) is 51.9 cm³/mol. The van der Waals surface area contributed by atoms with Gasteiger partial charge < -0.3 is 9.84 Å². The number of carboxylic acid groups (broad SMARTS) is 1. The van der Waals surface area contributed by atoms with E-state index in [1.165, 1.54) is 0 Å². The molecule has 0 spiro atoms. The Bertz CT molecular complexity index is 189. The standard InChI is InChI=1S/C10H18O4/c1-3-4-7-14-10(13)8(2)5-6-9(11)12/h8H,3-7H2,1-2H3,(H,11,12). The minimum Gasteiger partial charge on any atom is -0.481 e. The maximum Gasteiger partial charge on any atom is 0.308 e. The van der Waals surface area contributed by atoms with E-state index >= 15 is 0 Å². The van der Waals surface area contributed by atoms with E-state index in [1.54, 1.807) is 6.92 Å². The van der Waals surface area contributed by atoms with Gasteiger partial charge in [-0.15, -0.1) is 0 Å². The summed E-state index contributed by atoms with van der Waals surface area (Å²) in [5.41, 5.74) is 0. The highest BCUT2D eigenvalue weighted by Gasteiger charge is 2.15. The number of aliphatic carboxylic acids is 1. The van der Waals surface area contributed by atoms with Gasteiger partial charge in [-0.25, -0.2) is 0 Å². The summed E-state index contributed by atoms with van der Waals surface area (Å²) in [7, 11) is 0. The first kappa shape index (κ1) is 12.9. The van der Waals surface area contributed by atoms with Crippen LogP contribution in [-0.2, 0) is 14.3 Å². The first-order valence-electron chi connectivity index (χ1n) is 4.96. The molecular formula is C10H18O4. The molecule has 0 aliphatic heterocycles. The third kappa shape index (κ3) is 6.46. The summed E-state index contributed by atoms with van der Waals surface area (Å²) in [5, 5.41) is 8.41. The molecular weight excluding hydrogens is 184 g/mol. The Hall–Kier alpha value is -1.06. The number of carbonyl (C=O) groups is 2. The van der Waals surface area contributed by atoms with Crippen molar-refractivity contribution in [3.8, 4) is 0 Å². The summed E-state index contributed by atoms with van der Waals surface area (Å²) in [6, 6.07) is 0. The highest BCUT2D eigenvalue weighted by Crippen LogP contribution is 2.08. The molecule has 0 aliphatic rings. The molecule has 0 aromatic heterocycles. The Balaban J connectivity index is 3.59. The molecule has 0 aromatic rings. The van der Waals surface area contributed by atoms with Crippen molar-refractivity contribution in [3.05, 3.63) is 0 Å². The van der Waals surface area contributed by atoms with E-state index in [-0.39, 0.29) is 18.3 Å². The zero-order valence-electron chi connectivity index (χ0n) is 8.78. The normalized spacial score (nSPS) is 12.1. The van der Waals surface area contributed by atoms with Crippen molar-refractivity contribution in [1.29, 1.82) is 0 Å². The molecule has 0 amide bonds. The van der Waals surface area contributed by atoms with Crippen LogP contribution in [0.2, 0.25) is 0 Å². The van der Waals surface area contributed by atoms with E-state index < -0.39 is 5.97 Å². The second kappa shape index (κ2) is 7.35. The van der Waals surface area contributed by atoms with Crippen LogP contribution >= 0.6 is 0 Å². The Morgan fingerprint density at radius 1 is 1.43 bits per heavy atom. The molecule has 0 aliphatic carbocycles. The zero-order valence-corrected chi connectivity index (χ0v) is 8.78. The van der Waals surface area contributed by atoms with Gasteiger partial charge in [-0.1, -0.05) is 20.3 Å². The number of rotatable bonds is 7. The van der Waals surface area contributed by atoms with E-state index in [0.29, 0.717) is 13.0 Å². The summed E-state index contributed by atoms with van der Waals surface area (Å²) >= 11 is 0. The topological polar surface area (TPSA) is 63.6 Å². The largest absolute Gasteiger partial charge is 0.481 e. The molecule has 1 atom stereocenters. The van der Waals surface area contributed by atoms with Gasteiger partial charge in [-0.2, -0.15) is 0 Å². The first-order valence-corrected chi connectivity index (χ1v) is 4.96. The van der Waals surface area contributed by atoms with Crippen LogP contribution in [0.3, 0.4) is 0 Å². The third-order valence-electron chi connectivity index (χ3n) is 1.94. The second-order valence-electron chi connectivity index (χ2n) is 3.35. The number of hydrogen-bond acceptors (Lipinski definition) is 3. The Morgan fingerprint density at radius 3 is 2.57 bits per heavy atom. The molecule has 0 radical (unpaired) electrons. The molecule has 4 nitrogen and oxygen atoms in total. The minimum atomic E-state index is -0.877. The van der Waals surface area contributed by atoms with Crippen molar-refractivity contribution in [3.63, 3.8) is 0 Å². The van der Waals surface area contributed by atoms with Crippen molar-refractivity contribution < 1.29 is 19.4 Å². The smallest absolute Gasteiger partial charge is 0.308 e. The molecule has 82 valence electrons. The van der Waals surface area contributed by atoms with Crippen molar-refractivity contribution in [1.82, 2.24) is 0 Å². The van der Waals surface area contributed by atoms with Gasteiger partial charge in [-0.05, 0) is 12.8 Å². The summed E-state index contributed by atoms with van der Waals surface area (Å²) in [4.78, 5) is 21.4. The molecule has 0 bridgehead atoms. The van der Waals surface area contributed by atoms with Crippen LogP contribution in [0.4, 0.5) is 0 Å². The van der Waals surface area contributed by atoms with Gasteiger partial charge in [0.2, 0.25) is 0 Å². The average Bonchev–Trinajstić information content (AvgIpc) is 2.14. The Labute approximate surface area is 84.3 Å².